The van der Waals surface area contributed by atoms with Gasteiger partial charge >= 0.3 is 0 Å². The smallest absolute Gasteiger partial charge is 0.268 e. The first-order chi connectivity index (χ1) is 10.5. The van der Waals surface area contributed by atoms with Crippen LogP contribution in [-0.4, -0.2) is 20.4 Å². The molecule has 0 aliphatic carbocycles. The molecule has 5 nitrogen and oxygen atoms in total. The van der Waals surface area contributed by atoms with Gasteiger partial charge in [-0.25, -0.2) is 13.4 Å². The fourth-order valence-corrected chi connectivity index (χ4v) is 3.55. The van der Waals surface area contributed by atoms with Crippen LogP contribution in [0.1, 0.15) is 5.56 Å². The van der Waals surface area contributed by atoms with Crippen molar-refractivity contribution < 1.29 is 13.2 Å². The molecule has 0 radical (unpaired) electrons. The molecule has 0 bridgehead atoms. The van der Waals surface area contributed by atoms with E-state index in [9.17, 15) is 13.2 Å². The predicted octanol–water partition coefficient (Wildman–Crippen LogP) is 0.115. The minimum atomic E-state index is -3.63. The highest BCUT2D eigenvalue weighted by Crippen LogP contribution is 2.06. The third-order valence-corrected chi connectivity index (χ3v) is 4.61. The van der Waals surface area contributed by atoms with Gasteiger partial charge in [0.1, 0.15) is 6.04 Å². The van der Waals surface area contributed by atoms with Crippen LogP contribution in [-0.2, 0) is 20.6 Å². The maximum Gasteiger partial charge on any atom is 0.268 e. The molecule has 1 unspecified atom stereocenters. The van der Waals surface area contributed by atoms with Crippen LogP contribution in [0.2, 0.25) is 0 Å². The van der Waals surface area contributed by atoms with Gasteiger partial charge in [0, 0.05) is 0 Å². The zero-order valence-corrected chi connectivity index (χ0v) is 12.5. The lowest BCUT2D eigenvalue weighted by atomic mass is 10.1. The first kappa shape index (κ1) is 14.6. The standard InChI is InChI=1S/C16H14N2O3S/c19-16-15(10-13-8-4-5-9-14(13)17-16)18-22(20,21)11-12-6-2-1-3-7-12/h1-10,15,18H,11H2. The second-order valence-electron chi connectivity index (χ2n) is 5.02. The molecule has 3 rings (SSSR count). The number of para-hydroxylation sites is 1. The average molecular weight is 314 g/mol. The Labute approximate surface area is 128 Å². The van der Waals surface area contributed by atoms with Gasteiger partial charge in [0.05, 0.1) is 11.1 Å². The Morgan fingerprint density at radius 3 is 2.45 bits per heavy atom. The van der Waals surface area contributed by atoms with E-state index in [0.717, 1.165) is 5.22 Å². The molecule has 0 spiro atoms. The van der Waals surface area contributed by atoms with Crippen molar-refractivity contribution in [3.05, 3.63) is 70.7 Å². The molecular weight excluding hydrogens is 300 g/mol. The molecule has 2 aromatic carbocycles. The van der Waals surface area contributed by atoms with Gasteiger partial charge in [-0.3, -0.25) is 4.79 Å². The zero-order chi connectivity index (χ0) is 15.6. The van der Waals surface area contributed by atoms with Gasteiger partial charge in [0.15, 0.2) is 0 Å². The number of rotatable bonds is 4. The first-order valence-electron chi connectivity index (χ1n) is 6.77. The second kappa shape index (κ2) is 5.82. The Morgan fingerprint density at radius 1 is 1.00 bits per heavy atom. The molecule has 0 fully saturated rings. The SMILES string of the molecule is O=C1N=c2ccccc2=CC1NS(=O)(=O)Cc1ccccc1. The molecule has 22 heavy (non-hydrogen) atoms. The molecule has 1 N–H and O–H groups in total. The van der Waals surface area contributed by atoms with Crippen LogP contribution in [0.25, 0.3) is 6.08 Å². The van der Waals surface area contributed by atoms with Crippen molar-refractivity contribution in [1.82, 2.24) is 4.72 Å². The fraction of sp³-hybridized carbons (Fsp3) is 0.125. The van der Waals surface area contributed by atoms with E-state index in [2.05, 4.69) is 9.71 Å². The van der Waals surface area contributed by atoms with Crippen LogP contribution in [0.5, 0.6) is 0 Å². The lowest BCUT2D eigenvalue weighted by Gasteiger charge is -2.14. The summed E-state index contributed by atoms with van der Waals surface area (Å²) in [6.07, 6.45) is 1.59. The van der Waals surface area contributed by atoms with E-state index in [0.29, 0.717) is 10.9 Å². The summed E-state index contributed by atoms with van der Waals surface area (Å²) in [7, 11) is -3.63. The highest BCUT2D eigenvalue weighted by molar-refractivity contribution is 7.88. The van der Waals surface area contributed by atoms with Crippen LogP contribution in [0, 0.1) is 0 Å². The second-order valence-corrected chi connectivity index (χ2v) is 6.77. The van der Waals surface area contributed by atoms with Gasteiger partial charge in [-0.2, -0.15) is 4.72 Å². The third-order valence-electron chi connectivity index (χ3n) is 3.29. The molecule has 0 saturated carbocycles. The fourth-order valence-electron chi connectivity index (χ4n) is 2.28. The van der Waals surface area contributed by atoms with Crippen LogP contribution < -0.4 is 15.3 Å². The van der Waals surface area contributed by atoms with Crippen LogP contribution in [0.15, 0.2) is 59.6 Å². The number of sulfonamides is 1. The number of carbonyl (C=O) groups is 1. The Kier molecular flexibility index (Phi) is 3.87. The minimum absolute atomic E-state index is 0.174. The quantitative estimate of drug-likeness (QED) is 0.870. The Morgan fingerprint density at radius 2 is 1.68 bits per heavy atom. The number of carbonyl (C=O) groups excluding carboxylic acids is 1. The minimum Gasteiger partial charge on any atom is -0.270 e. The summed E-state index contributed by atoms with van der Waals surface area (Å²) in [6, 6.07) is 15.0. The largest absolute Gasteiger partial charge is 0.270 e. The molecule has 1 aliphatic rings. The number of fused-ring (bicyclic) bond motifs is 1. The summed E-state index contributed by atoms with van der Waals surface area (Å²) in [5, 5.41) is 1.31. The molecule has 0 aromatic heterocycles. The number of nitrogens with one attached hydrogen (secondary N) is 1. The average Bonchev–Trinajstić information content (AvgIpc) is 2.48. The molecule has 1 heterocycles. The Balaban J connectivity index is 1.84. The highest BCUT2D eigenvalue weighted by atomic mass is 32.2. The summed E-state index contributed by atoms with van der Waals surface area (Å²) in [4.78, 5) is 15.9. The van der Waals surface area contributed by atoms with Gasteiger partial charge in [-0.1, -0.05) is 48.5 Å². The van der Waals surface area contributed by atoms with E-state index < -0.39 is 22.0 Å². The summed E-state index contributed by atoms with van der Waals surface area (Å²) in [6.45, 7) is 0. The van der Waals surface area contributed by atoms with Gasteiger partial charge in [0.2, 0.25) is 10.0 Å². The van der Waals surface area contributed by atoms with Crippen molar-refractivity contribution >= 4 is 22.0 Å². The van der Waals surface area contributed by atoms with Gasteiger partial charge in [-0.15, -0.1) is 0 Å². The molecule has 2 aromatic rings. The number of hydrogen-bond acceptors (Lipinski definition) is 3. The number of amides is 1. The summed E-state index contributed by atoms with van der Waals surface area (Å²) >= 11 is 0. The first-order valence-corrected chi connectivity index (χ1v) is 8.42. The van der Waals surface area contributed by atoms with Crippen molar-refractivity contribution in [3.8, 4) is 0 Å². The number of benzene rings is 2. The van der Waals surface area contributed by atoms with E-state index in [1.165, 1.54) is 0 Å². The molecule has 0 saturated heterocycles. The van der Waals surface area contributed by atoms with Gasteiger partial charge in [-0.05, 0) is 22.9 Å². The molecule has 1 aliphatic heterocycles. The third kappa shape index (κ3) is 3.29. The maximum absolute atomic E-state index is 12.2. The molecular formula is C16H14N2O3S. The summed E-state index contributed by atoms with van der Waals surface area (Å²) in [5.41, 5.74) is 0.663. The summed E-state index contributed by atoms with van der Waals surface area (Å²) < 4.78 is 26.8. The van der Waals surface area contributed by atoms with Crippen LogP contribution in [0.4, 0.5) is 0 Å². The van der Waals surface area contributed by atoms with Crippen LogP contribution >= 0.6 is 0 Å². The monoisotopic (exact) mass is 314 g/mol. The van der Waals surface area contributed by atoms with Crippen molar-refractivity contribution in [3.63, 3.8) is 0 Å². The van der Waals surface area contributed by atoms with Crippen LogP contribution in [0.3, 0.4) is 0 Å². The Bertz CT molecular complexity index is 921. The Hall–Kier alpha value is -2.31. The molecule has 1 amide bonds. The van der Waals surface area contributed by atoms with E-state index in [1.54, 1.807) is 48.5 Å². The van der Waals surface area contributed by atoms with Crippen molar-refractivity contribution in [2.45, 2.75) is 11.8 Å². The van der Waals surface area contributed by atoms with Gasteiger partial charge in [0.25, 0.3) is 5.91 Å². The van der Waals surface area contributed by atoms with E-state index in [4.69, 9.17) is 0 Å². The summed E-state index contributed by atoms with van der Waals surface area (Å²) in [5.74, 6) is -0.678. The molecule has 6 heteroatoms. The maximum atomic E-state index is 12.2. The number of hydrogen-bond donors (Lipinski definition) is 1. The topological polar surface area (TPSA) is 75.6 Å². The lowest BCUT2D eigenvalue weighted by molar-refractivity contribution is -0.118. The van der Waals surface area contributed by atoms with Crippen molar-refractivity contribution in [2.75, 3.05) is 0 Å². The van der Waals surface area contributed by atoms with Crippen molar-refractivity contribution in [1.29, 1.82) is 0 Å². The van der Waals surface area contributed by atoms with Gasteiger partial charge < -0.3 is 0 Å². The number of nitrogens with zero attached hydrogens (tertiary/aromatic N) is 1. The molecule has 1 atom stereocenters. The van der Waals surface area contributed by atoms with E-state index >= 15 is 0 Å². The molecule has 112 valence electrons. The normalized spacial score (nSPS) is 17.3. The highest BCUT2D eigenvalue weighted by Gasteiger charge is 2.24. The lowest BCUT2D eigenvalue weighted by Crippen LogP contribution is -2.45. The van der Waals surface area contributed by atoms with E-state index in [1.807, 2.05) is 12.1 Å². The van der Waals surface area contributed by atoms with Crippen molar-refractivity contribution in [2.24, 2.45) is 4.99 Å². The predicted molar refractivity (Wildman–Crippen MR) is 82.7 cm³/mol. The zero-order valence-electron chi connectivity index (χ0n) is 11.6. The van der Waals surface area contributed by atoms with E-state index in [-0.39, 0.29) is 5.75 Å².